The van der Waals surface area contributed by atoms with Gasteiger partial charge in [-0.25, -0.2) is 0 Å². The van der Waals surface area contributed by atoms with E-state index in [-0.39, 0.29) is 30.8 Å². The maximum absolute atomic E-state index is 13.8. The molecule has 2 aromatic rings. The molecule has 0 aliphatic carbocycles. The molecule has 2 aromatic carbocycles. The summed E-state index contributed by atoms with van der Waals surface area (Å²) in [6, 6.07) is 14.7. The molecule has 1 amide bonds. The minimum Gasteiger partial charge on any atom is -0.466 e. The number of amides is 1. The molecular formula is C25H27ClN2O4. The number of hydrogen-bond acceptors (Lipinski definition) is 5. The Morgan fingerprint density at radius 1 is 1.19 bits per heavy atom. The highest BCUT2D eigenvalue weighted by Gasteiger charge is 2.37. The number of hydrogen-bond donors (Lipinski definition) is 0. The van der Waals surface area contributed by atoms with Crippen molar-refractivity contribution in [2.45, 2.75) is 32.2 Å². The summed E-state index contributed by atoms with van der Waals surface area (Å²) in [5, 5.41) is 0.565. The number of ether oxygens (including phenoxy) is 2. The molecule has 2 aliphatic heterocycles. The van der Waals surface area contributed by atoms with Crippen molar-refractivity contribution < 1.29 is 19.1 Å². The van der Waals surface area contributed by atoms with Gasteiger partial charge in [-0.15, -0.1) is 0 Å². The van der Waals surface area contributed by atoms with E-state index in [1.807, 2.05) is 42.5 Å². The molecule has 0 saturated carbocycles. The average Bonchev–Trinajstić information content (AvgIpc) is 2.93. The third-order valence-corrected chi connectivity index (χ3v) is 6.13. The molecule has 0 spiro atoms. The lowest BCUT2D eigenvalue weighted by Gasteiger charge is -2.30. The van der Waals surface area contributed by atoms with Crippen molar-refractivity contribution in [3.05, 3.63) is 64.7 Å². The van der Waals surface area contributed by atoms with Crippen LogP contribution in [0.15, 0.2) is 53.5 Å². The van der Waals surface area contributed by atoms with E-state index in [1.54, 1.807) is 17.9 Å². The first kappa shape index (κ1) is 22.5. The predicted octanol–water partition coefficient (Wildman–Crippen LogP) is 4.27. The smallest absolute Gasteiger partial charge is 0.307 e. The van der Waals surface area contributed by atoms with Crippen molar-refractivity contribution in [1.82, 2.24) is 0 Å². The van der Waals surface area contributed by atoms with E-state index in [2.05, 4.69) is 0 Å². The summed E-state index contributed by atoms with van der Waals surface area (Å²) in [4.78, 5) is 32.6. The normalized spacial score (nSPS) is 19.2. The number of aliphatic imine (C=N–C) groups is 1. The number of esters is 1. The number of anilines is 1. The van der Waals surface area contributed by atoms with Crippen LogP contribution in [0.3, 0.4) is 0 Å². The number of rotatable bonds is 6. The van der Waals surface area contributed by atoms with Gasteiger partial charge in [0.2, 0.25) is 0 Å². The molecular weight excluding hydrogens is 428 g/mol. The number of carbonyl (C=O) groups excluding carboxylic acids is 2. The van der Waals surface area contributed by atoms with Crippen LogP contribution >= 0.6 is 11.6 Å². The Morgan fingerprint density at radius 3 is 2.66 bits per heavy atom. The lowest BCUT2D eigenvalue weighted by molar-refractivity contribution is -0.142. The van der Waals surface area contributed by atoms with Gasteiger partial charge in [-0.2, -0.15) is 0 Å². The Hall–Kier alpha value is -2.70. The summed E-state index contributed by atoms with van der Waals surface area (Å²) in [5.41, 5.74) is 3.16. The van der Waals surface area contributed by atoms with Gasteiger partial charge in [-0.3, -0.25) is 14.6 Å². The molecule has 32 heavy (non-hydrogen) atoms. The first-order chi connectivity index (χ1) is 15.6. The quantitative estimate of drug-likeness (QED) is 0.611. The fourth-order valence-electron chi connectivity index (χ4n) is 4.31. The molecule has 0 bridgehead atoms. The Balaban J connectivity index is 1.81. The van der Waals surface area contributed by atoms with E-state index in [0.717, 1.165) is 29.7 Å². The number of fused-ring (bicyclic) bond motifs is 1. The summed E-state index contributed by atoms with van der Waals surface area (Å²) in [5.74, 6) is -0.354. The molecule has 2 aliphatic rings. The van der Waals surface area contributed by atoms with Gasteiger partial charge < -0.3 is 14.4 Å². The first-order valence-corrected chi connectivity index (χ1v) is 11.4. The Kier molecular flexibility index (Phi) is 7.22. The van der Waals surface area contributed by atoms with Gasteiger partial charge in [-0.05, 0) is 43.9 Å². The van der Waals surface area contributed by atoms with Crippen LogP contribution in [0.1, 0.15) is 37.3 Å². The summed E-state index contributed by atoms with van der Waals surface area (Å²) in [6.45, 7) is 3.54. The molecule has 0 radical (unpaired) electrons. The van der Waals surface area contributed by atoms with Crippen LogP contribution in [0.2, 0.25) is 5.02 Å². The van der Waals surface area contributed by atoms with Gasteiger partial charge in [0.05, 0.1) is 24.4 Å². The van der Waals surface area contributed by atoms with Crippen LogP contribution < -0.4 is 4.90 Å². The fraction of sp³-hybridized carbons (Fsp3) is 0.400. The van der Waals surface area contributed by atoms with Crippen LogP contribution in [0.4, 0.5) is 5.69 Å². The molecule has 0 aromatic heterocycles. The van der Waals surface area contributed by atoms with E-state index < -0.39 is 6.04 Å². The van der Waals surface area contributed by atoms with Crippen LogP contribution in [-0.4, -0.2) is 50.0 Å². The molecule has 6 nitrogen and oxygen atoms in total. The van der Waals surface area contributed by atoms with Crippen molar-refractivity contribution in [2.24, 2.45) is 10.9 Å². The zero-order valence-corrected chi connectivity index (χ0v) is 18.9. The van der Waals surface area contributed by atoms with Gasteiger partial charge >= 0.3 is 5.97 Å². The lowest BCUT2D eigenvalue weighted by Crippen LogP contribution is -2.43. The summed E-state index contributed by atoms with van der Waals surface area (Å²) in [7, 11) is 0. The van der Waals surface area contributed by atoms with Crippen molar-refractivity contribution in [1.29, 1.82) is 0 Å². The van der Waals surface area contributed by atoms with Gasteiger partial charge in [-0.1, -0.05) is 41.9 Å². The Bertz CT molecular complexity index is 1000. The molecule has 4 rings (SSSR count). The predicted molar refractivity (Wildman–Crippen MR) is 124 cm³/mol. The molecule has 2 heterocycles. The number of halogens is 1. The highest BCUT2D eigenvalue weighted by Crippen LogP contribution is 2.34. The molecule has 168 valence electrons. The molecule has 1 saturated heterocycles. The third-order valence-electron chi connectivity index (χ3n) is 5.90. The summed E-state index contributed by atoms with van der Waals surface area (Å²) < 4.78 is 10.6. The minimum atomic E-state index is -0.553. The zero-order valence-electron chi connectivity index (χ0n) is 18.1. The van der Waals surface area contributed by atoms with Crippen LogP contribution in [0, 0.1) is 5.92 Å². The van der Waals surface area contributed by atoms with Gasteiger partial charge in [0, 0.05) is 35.9 Å². The van der Waals surface area contributed by atoms with E-state index in [0.29, 0.717) is 30.5 Å². The van der Waals surface area contributed by atoms with Crippen molar-refractivity contribution >= 4 is 34.9 Å². The van der Waals surface area contributed by atoms with Crippen molar-refractivity contribution in [2.75, 3.05) is 31.3 Å². The number of benzodiazepines with no additional fused rings is 1. The highest BCUT2D eigenvalue weighted by molar-refractivity contribution is 6.32. The highest BCUT2D eigenvalue weighted by atomic mass is 35.5. The third kappa shape index (κ3) is 4.87. The fourth-order valence-corrected chi connectivity index (χ4v) is 4.48. The summed E-state index contributed by atoms with van der Waals surface area (Å²) in [6.07, 6.45) is 1.65. The van der Waals surface area contributed by atoms with E-state index in [4.69, 9.17) is 26.1 Å². The zero-order chi connectivity index (χ0) is 22.5. The SMILES string of the molecule is CCOC(=O)CCN1C(=O)C(C2CCOCC2)N=C(c2ccccc2)c2cc(Cl)ccc21. The molecule has 7 heteroatoms. The number of carbonyl (C=O) groups is 2. The van der Waals surface area contributed by atoms with Crippen molar-refractivity contribution in [3.63, 3.8) is 0 Å². The molecule has 1 unspecified atom stereocenters. The lowest BCUT2D eigenvalue weighted by atomic mass is 9.91. The number of benzene rings is 2. The van der Waals surface area contributed by atoms with Crippen LogP contribution in [-0.2, 0) is 19.1 Å². The van der Waals surface area contributed by atoms with Gasteiger partial charge in [0.25, 0.3) is 5.91 Å². The maximum atomic E-state index is 13.8. The molecule has 0 N–H and O–H groups in total. The summed E-state index contributed by atoms with van der Waals surface area (Å²) >= 11 is 6.37. The second-order valence-electron chi connectivity index (χ2n) is 7.94. The molecule has 1 fully saturated rings. The Labute approximate surface area is 193 Å². The largest absolute Gasteiger partial charge is 0.466 e. The second kappa shape index (κ2) is 10.3. The monoisotopic (exact) mass is 454 g/mol. The van der Waals surface area contributed by atoms with E-state index in [1.165, 1.54) is 0 Å². The number of nitrogens with zero attached hydrogens (tertiary/aromatic N) is 2. The van der Waals surface area contributed by atoms with Crippen molar-refractivity contribution in [3.8, 4) is 0 Å². The first-order valence-electron chi connectivity index (χ1n) is 11.1. The minimum absolute atomic E-state index is 0.0739. The van der Waals surface area contributed by atoms with Crippen LogP contribution in [0.5, 0.6) is 0 Å². The van der Waals surface area contributed by atoms with Gasteiger partial charge in [0.1, 0.15) is 6.04 Å². The van der Waals surface area contributed by atoms with Gasteiger partial charge in [0.15, 0.2) is 0 Å². The molecule has 1 atom stereocenters. The second-order valence-corrected chi connectivity index (χ2v) is 8.38. The van der Waals surface area contributed by atoms with E-state index in [9.17, 15) is 9.59 Å². The average molecular weight is 455 g/mol. The standard InChI is InChI=1S/C25H27ClN2O4/c1-2-32-22(29)10-13-28-21-9-8-19(26)16-20(21)23(17-6-4-3-5-7-17)27-24(25(28)30)18-11-14-31-15-12-18/h3-9,16,18,24H,2,10-15H2,1H3. The van der Waals surface area contributed by atoms with Crippen LogP contribution in [0.25, 0.3) is 0 Å². The van der Waals surface area contributed by atoms with E-state index >= 15 is 0 Å². The topological polar surface area (TPSA) is 68.2 Å². The Morgan fingerprint density at radius 2 is 1.94 bits per heavy atom. The maximum Gasteiger partial charge on any atom is 0.307 e.